The predicted octanol–water partition coefficient (Wildman–Crippen LogP) is 1.98. The first-order chi connectivity index (χ1) is 10.8. The van der Waals surface area contributed by atoms with Gasteiger partial charge in [0, 0.05) is 19.6 Å². The van der Waals surface area contributed by atoms with Crippen molar-refractivity contribution in [3.63, 3.8) is 0 Å². The van der Waals surface area contributed by atoms with Crippen LogP contribution >= 0.6 is 24.0 Å². The third kappa shape index (κ3) is 6.76. The number of amides is 1. The summed E-state index contributed by atoms with van der Waals surface area (Å²) < 4.78 is 10.2. The first-order valence-corrected chi connectivity index (χ1v) is 7.16. The number of hydrogen-bond donors (Lipinski definition) is 3. The molecule has 0 saturated carbocycles. The topological polar surface area (TPSA) is 91.8 Å². The molecule has 2 heterocycles. The number of halogens is 1. The third-order valence-electron chi connectivity index (χ3n) is 2.77. The van der Waals surface area contributed by atoms with Crippen LogP contribution in [0.25, 0.3) is 0 Å². The quantitative estimate of drug-likeness (QED) is 0.269. The van der Waals surface area contributed by atoms with Crippen molar-refractivity contribution in [3.8, 4) is 0 Å². The summed E-state index contributed by atoms with van der Waals surface area (Å²) in [4.78, 5) is 16.1. The normalized spacial score (nSPS) is 10.7. The van der Waals surface area contributed by atoms with Gasteiger partial charge in [-0.25, -0.2) is 4.99 Å². The molecule has 0 aliphatic rings. The van der Waals surface area contributed by atoms with E-state index in [0.717, 1.165) is 12.3 Å². The molecule has 0 saturated heterocycles. The Balaban J connectivity index is 0.00000264. The van der Waals surface area contributed by atoms with Crippen molar-refractivity contribution in [2.45, 2.75) is 13.5 Å². The van der Waals surface area contributed by atoms with Gasteiger partial charge in [0.1, 0.15) is 12.3 Å². The maximum absolute atomic E-state index is 11.7. The van der Waals surface area contributed by atoms with Crippen molar-refractivity contribution in [2.75, 3.05) is 19.6 Å². The smallest absolute Gasteiger partial charge is 0.287 e. The molecular weight excluding hydrogens is 411 g/mol. The van der Waals surface area contributed by atoms with Gasteiger partial charge in [0.15, 0.2) is 11.7 Å². The minimum Gasteiger partial charge on any atom is -0.467 e. The van der Waals surface area contributed by atoms with E-state index in [-0.39, 0.29) is 29.9 Å². The Kier molecular flexibility index (Phi) is 8.88. The Labute approximate surface area is 151 Å². The first kappa shape index (κ1) is 19.1. The second kappa shape index (κ2) is 10.7. The Morgan fingerprint density at radius 3 is 2.48 bits per heavy atom. The molecule has 126 valence electrons. The summed E-state index contributed by atoms with van der Waals surface area (Å²) in [5.74, 6) is 1.54. The van der Waals surface area contributed by atoms with Crippen molar-refractivity contribution in [3.05, 3.63) is 48.3 Å². The van der Waals surface area contributed by atoms with Crippen LogP contribution in [-0.2, 0) is 6.54 Å². The Hall–Kier alpha value is -1.97. The fourth-order valence-corrected chi connectivity index (χ4v) is 1.75. The maximum atomic E-state index is 11.7. The van der Waals surface area contributed by atoms with Crippen LogP contribution in [0.15, 0.2) is 50.6 Å². The number of carbonyl (C=O) groups excluding carboxylic acids is 1. The molecule has 0 fully saturated rings. The second-order valence-electron chi connectivity index (χ2n) is 4.43. The molecule has 2 rings (SSSR count). The van der Waals surface area contributed by atoms with E-state index >= 15 is 0 Å². The highest BCUT2D eigenvalue weighted by molar-refractivity contribution is 14.0. The SMILES string of the molecule is CCNC(=NCc1ccco1)NCCNC(=O)c1ccco1.I. The van der Waals surface area contributed by atoms with Crippen LogP contribution in [0.4, 0.5) is 0 Å². The van der Waals surface area contributed by atoms with Crippen molar-refractivity contribution < 1.29 is 13.6 Å². The summed E-state index contributed by atoms with van der Waals surface area (Å²) in [6, 6.07) is 7.00. The van der Waals surface area contributed by atoms with Gasteiger partial charge >= 0.3 is 0 Å². The van der Waals surface area contributed by atoms with Crippen LogP contribution in [0.1, 0.15) is 23.2 Å². The average Bonchev–Trinajstić information content (AvgIpc) is 3.22. The second-order valence-corrected chi connectivity index (χ2v) is 4.43. The lowest BCUT2D eigenvalue weighted by Crippen LogP contribution is -2.41. The molecule has 23 heavy (non-hydrogen) atoms. The zero-order valence-corrected chi connectivity index (χ0v) is 15.2. The first-order valence-electron chi connectivity index (χ1n) is 7.16. The summed E-state index contributed by atoms with van der Waals surface area (Å²) in [6.45, 7) is 4.22. The van der Waals surface area contributed by atoms with Crippen LogP contribution in [-0.4, -0.2) is 31.5 Å². The van der Waals surface area contributed by atoms with Crippen LogP contribution < -0.4 is 16.0 Å². The molecule has 0 unspecified atom stereocenters. The molecule has 0 spiro atoms. The summed E-state index contributed by atoms with van der Waals surface area (Å²) in [5.41, 5.74) is 0. The van der Waals surface area contributed by atoms with Gasteiger partial charge in [0.05, 0.1) is 12.5 Å². The minimum absolute atomic E-state index is 0. The van der Waals surface area contributed by atoms with E-state index in [9.17, 15) is 4.79 Å². The summed E-state index contributed by atoms with van der Waals surface area (Å²) in [5, 5.41) is 9.02. The molecule has 0 atom stereocenters. The number of aliphatic imine (C=N–C) groups is 1. The number of furan rings is 2. The van der Waals surface area contributed by atoms with Crippen LogP contribution in [0.2, 0.25) is 0 Å². The van der Waals surface area contributed by atoms with Crippen molar-refractivity contribution in [2.24, 2.45) is 4.99 Å². The predicted molar refractivity (Wildman–Crippen MR) is 98.0 cm³/mol. The number of nitrogens with one attached hydrogen (secondary N) is 3. The summed E-state index contributed by atoms with van der Waals surface area (Å²) in [7, 11) is 0. The number of nitrogens with zero attached hydrogens (tertiary/aromatic N) is 1. The van der Waals surface area contributed by atoms with Gasteiger partial charge in [0.25, 0.3) is 5.91 Å². The Morgan fingerprint density at radius 2 is 1.83 bits per heavy atom. The van der Waals surface area contributed by atoms with Gasteiger partial charge in [-0.15, -0.1) is 24.0 Å². The standard InChI is InChI=1S/C15H20N4O3.HI/c1-2-16-15(19-11-12-5-3-9-21-12)18-8-7-17-14(20)13-6-4-10-22-13;/h3-6,9-10H,2,7-8,11H2,1H3,(H,17,20)(H2,16,18,19);1H. The fraction of sp³-hybridized carbons (Fsp3) is 0.333. The highest BCUT2D eigenvalue weighted by Gasteiger charge is 2.06. The molecule has 2 aromatic rings. The number of rotatable bonds is 7. The summed E-state index contributed by atoms with van der Waals surface area (Å²) >= 11 is 0. The molecule has 0 aromatic carbocycles. The fourth-order valence-electron chi connectivity index (χ4n) is 1.75. The lowest BCUT2D eigenvalue weighted by molar-refractivity contribution is 0.0926. The third-order valence-corrected chi connectivity index (χ3v) is 2.77. The molecule has 7 nitrogen and oxygen atoms in total. The average molecular weight is 432 g/mol. The van der Waals surface area contributed by atoms with E-state index in [2.05, 4.69) is 20.9 Å². The zero-order valence-electron chi connectivity index (χ0n) is 12.9. The summed E-state index contributed by atoms with van der Waals surface area (Å²) in [6.07, 6.45) is 3.09. The lowest BCUT2D eigenvalue weighted by Gasteiger charge is -2.11. The van der Waals surface area contributed by atoms with E-state index in [1.165, 1.54) is 6.26 Å². The van der Waals surface area contributed by atoms with E-state index < -0.39 is 0 Å². The largest absolute Gasteiger partial charge is 0.467 e. The van der Waals surface area contributed by atoms with E-state index in [0.29, 0.717) is 31.4 Å². The maximum Gasteiger partial charge on any atom is 0.287 e. The van der Waals surface area contributed by atoms with Crippen molar-refractivity contribution >= 4 is 35.8 Å². The molecule has 1 amide bonds. The highest BCUT2D eigenvalue weighted by Crippen LogP contribution is 2.01. The van der Waals surface area contributed by atoms with Gasteiger partial charge in [-0.05, 0) is 31.2 Å². The van der Waals surface area contributed by atoms with Crippen LogP contribution in [0.3, 0.4) is 0 Å². The number of carbonyl (C=O) groups is 1. The molecule has 0 radical (unpaired) electrons. The Morgan fingerprint density at radius 1 is 1.09 bits per heavy atom. The van der Waals surface area contributed by atoms with Gasteiger partial charge in [-0.1, -0.05) is 0 Å². The molecule has 0 bridgehead atoms. The van der Waals surface area contributed by atoms with Crippen LogP contribution in [0.5, 0.6) is 0 Å². The van der Waals surface area contributed by atoms with Crippen molar-refractivity contribution in [1.82, 2.24) is 16.0 Å². The highest BCUT2D eigenvalue weighted by atomic mass is 127. The van der Waals surface area contributed by atoms with Crippen molar-refractivity contribution in [1.29, 1.82) is 0 Å². The number of hydrogen-bond acceptors (Lipinski definition) is 4. The molecule has 0 aliphatic carbocycles. The molecule has 0 aliphatic heterocycles. The monoisotopic (exact) mass is 432 g/mol. The minimum atomic E-state index is -0.232. The van der Waals surface area contributed by atoms with Gasteiger partial charge < -0.3 is 24.8 Å². The Bertz CT molecular complexity index is 582. The van der Waals surface area contributed by atoms with Gasteiger partial charge in [-0.3, -0.25) is 4.79 Å². The lowest BCUT2D eigenvalue weighted by atomic mass is 10.4. The molecule has 2 aromatic heterocycles. The van der Waals surface area contributed by atoms with Gasteiger partial charge in [-0.2, -0.15) is 0 Å². The molecular formula is C15H21IN4O3. The zero-order chi connectivity index (χ0) is 15.6. The van der Waals surface area contributed by atoms with E-state index in [4.69, 9.17) is 8.83 Å². The van der Waals surface area contributed by atoms with E-state index in [1.54, 1.807) is 18.4 Å². The van der Waals surface area contributed by atoms with Crippen LogP contribution in [0, 0.1) is 0 Å². The molecule has 3 N–H and O–H groups in total. The van der Waals surface area contributed by atoms with Gasteiger partial charge in [0.2, 0.25) is 0 Å². The number of guanidine groups is 1. The van der Waals surface area contributed by atoms with E-state index in [1.807, 2.05) is 19.1 Å². The molecule has 8 heteroatoms.